The predicted octanol–water partition coefficient (Wildman–Crippen LogP) is 6.25. The minimum atomic E-state index is -4.40. The van der Waals surface area contributed by atoms with Crippen molar-refractivity contribution in [1.29, 1.82) is 0 Å². The van der Waals surface area contributed by atoms with Gasteiger partial charge in [-0.25, -0.2) is 0 Å². The van der Waals surface area contributed by atoms with Gasteiger partial charge in [0.05, 0.1) is 24.2 Å². The lowest BCUT2D eigenvalue weighted by atomic mass is 10.1. The van der Waals surface area contributed by atoms with Crippen LogP contribution in [0.25, 0.3) is 16.0 Å². The molecule has 0 amide bonds. The fraction of sp³-hybridized carbons (Fsp3) is 0.240. The van der Waals surface area contributed by atoms with Gasteiger partial charge in [-0.15, -0.1) is 21.5 Å². The summed E-state index contributed by atoms with van der Waals surface area (Å²) in [7, 11) is 0. The minimum Gasteiger partial charge on any atom is -0.494 e. The Morgan fingerprint density at radius 1 is 1.06 bits per heavy atom. The van der Waals surface area contributed by atoms with Crippen LogP contribution < -0.4 is 10.3 Å². The Morgan fingerprint density at radius 3 is 2.61 bits per heavy atom. The van der Waals surface area contributed by atoms with Gasteiger partial charge in [-0.05, 0) is 47.2 Å². The van der Waals surface area contributed by atoms with Crippen LogP contribution in [0.3, 0.4) is 0 Å². The number of fused-ring (bicyclic) bond motifs is 3. The molecule has 0 saturated heterocycles. The summed E-state index contributed by atoms with van der Waals surface area (Å²) in [6, 6.07) is 14.6. The number of aromatic nitrogens is 4. The summed E-state index contributed by atoms with van der Waals surface area (Å²) in [4.78, 5) is 13.3. The van der Waals surface area contributed by atoms with Crippen LogP contribution in [-0.4, -0.2) is 25.8 Å². The lowest BCUT2D eigenvalue weighted by Crippen LogP contribution is -2.23. The van der Waals surface area contributed by atoms with Crippen molar-refractivity contribution >= 4 is 39.1 Å². The zero-order chi connectivity index (χ0) is 25.3. The van der Waals surface area contributed by atoms with Gasteiger partial charge in [0.25, 0.3) is 5.56 Å². The van der Waals surface area contributed by atoms with E-state index in [4.69, 9.17) is 4.74 Å². The maximum atomic E-state index is 13.3. The molecule has 6 nitrogen and oxygen atoms in total. The first kappa shape index (κ1) is 24.4. The van der Waals surface area contributed by atoms with E-state index >= 15 is 0 Å². The molecule has 0 aliphatic heterocycles. The Balaban J connectivity index is 1.48. The molecule has 0 saturated carbocycles. The van der Waals surface area contributed by atoms with E-state index in [-0.39, 0.29) is 11.3 Å². The van der Waals surface area contributed by atoms with Gasteiger partial charge in [0, 0.05) is 5.75 Å². The summed E-state index contributed by atoms with van der Waals surface area (Å²) in [5, 5.41) is 10.9. The molecule has 2 aromatic carbocycles. The monoisotopic (exact) mass is 530 g/mol. The normalized spacial score (nSPS) is 12.0. The highest BCUT2D eigenvalue weighted by atomic mass is 32.2. The van der Waals surface area contributed by atoms with Gasteiger partial charge in [-0.3, -0.25) is 13.8 Å². The Labute approximate surface area is 212 Å². The highest BCUT2D eigenvalue weighted by molar-refractivity contribution is 7.98. The molecule has 11 heteroatoms. The fourth-order valence-electron chi connectivity index (χ4n) is 3.81. The van der Waals surface area contributed by atoms with Crippen LogP contribution in [-0.2, 0) is 18.5 Å². The van der Waals surface area contributed by atoms with E-state index in [1.165, 1.54) is 29.2 Å². The van der Waals surface area contributed by atoms with Crippen molar-refractivity contribution in [3.05, 3.63) is 87.0 Å². The van der Waals surface area contributed by atoms with Crippen molar-refractivity contribution in [2.24, 2.45) is 0 Å². The zero-order valence-corrected chi connectivity index (χ0v) is 20.8. The van der Waals surface area contributed by atoms with Crippen molar-refractivity contribution in [3.63, 3.8) is 0 Å². The number of thiophene rings is 1. The van der Waals surface area contributed by atoms with Gasteiger partial charge in [0.1, 0.15) is 10.4 Å². The molecule has 0 unspecified atom stereocenters. The second kappa shape index (κ2) is 9.98. The number of hydrogen-bond donors (Lipinski definition) is 0. The van der Waals surface area contributed by atoms with Gasteiger partial charge < -0.3 is 4.74 Å². The molecular weight excluding hydrogens is 509 g/mol. The van der Waals surface area contributed by atoms with Crippen LogP contribution in [0, 0.1) is 0 Å². The molecular formula is C25H21F3N4O2S2. The highest BCUT2D eigenvalue weighted by Crippen LogP contribution is 2.32. The van der Waals surface area contributed by atoms with E-state index in [1.807, 2.05) is 42.6 Å². The number of benzene rings is 2. The van der Waals surface area contributed by atoms with Crippen molar-refractivity contribution in [3.8, 4) is 5.75 Å². The number of nitrogens with zero attached hydrogens (tertiary/aromatic N) is 4. The molecule has 0 N–H and O–H groups in total. The van der Waals surface area contributed by atoms with E-state index in [2.05, 4.69) is 10.2 Å². The fourth-order valence-corrected chi connectivity index (χ4v) is 5.52. The molecule has 0 spiro atoms. The minimum absolute atomic E-state index is 0.166. The Bertz CT molecular complexity index is 1570. The average molecular weight is 531 g/mol. The van der Waals surface area contributed by atoms with E-state index in [0.29, 0.717) is 39.9 Å². The molecule has 3 heterocycles. The van der Waals surface area contributed by atoms with Gasteiger partial charge in [-0.1, -0.05) is 49.0 Å². The molecule has 186 valence electrons. The molecule has 0 aliphatic carbocycles. The van der Waals surface area contributed by atoms with E-state index in [9.17, 15) is 18.0 Å². The molecule has 0 aliphatic rings. The number of thioether (sulfide) groups is 1. The van der Waals surface area contributed by atoms with Crippen molar-refractivity contribution in [2.45, 2.75) is 37.0 Å². The van der Waals surface area contributed by atoms with E-state index < -0.39 is 11.7 Å². The second-order valence-corrected chi connectivity index (χ2v) is 9.98. The Hall–Kier alpha value is -3.31. The number of alkyl halides is 3. The van der Waals surface area contributed by atoms with Gasteiger partial charge in [0.15, 0.2) is 5.16 Å². The highest BCUT2D eigenvalue weighted by Gasteiger charge is 2.30. The summed E-state index contributed by atoms with van der Waals surface area (Å²) >= 11 is 2.60. The molecule has 5 rings (SSSR count). The van der Waals surface area contributed by atoms with Crippen molar-refractivity contribution < 1.29 is 17.9 Å². The smallest absolute Gasteiger partial charge is 0.416 e. The van der Waals surface area contributed by atoms with Crippen molar-refractivity contribution in [2.75, 3.05) is 6.61 Å². The third-order valence-corrected chi connectivity index (χ3v) is 7.43. The average Bonchev–Trinajstić information content (AvgIpc) is 3.52. The molecule has 0 fully saturated rings. The third-order valence-electron chi connectivity index (χ3n) is 5.54. The first-order valence-corrected chi connectivity index (χ1v) is 13.1. The first-order chi connectivity index (χ1) is 17.3. The quantitative estimate of drug-likeness (QED) is 0.222. The summed E-state index contributed by atoms with van der Waals surface area (Å²) in [6.45, 7) is 2.97. The molecule has 36 heavy (non-hydrogen) atoms. The van der Waals surface area contributed by atoms with Crippen LogP contribution in [0.15, 0.2) is 69.9 Å². The SMILES string of the molecule is CCCOc1ccc(Cn2c(=O)c3sccc3n3c(SCc4cccc(C(F)(F)F)c4)nnc23)cc1. The van der Waals surface area contributed by atoms with Crippen LogP contribution in [0.4, 0.5) is 13.2 Å². The van der Waals surface area contributed by atoms with Crippen molar-refractivity contribution in [1.82, 2.24) is 19.2 Å². The number of ether oxygens (including phenoxy) is 1. The summed E-state index contributed by atoms with van der Waals surface area (Å²) in [5.74, 6) is 1.42. The van der Waals surface area contributed by atoms with Crippen LogP contribution in [0.1, 0.15) is 30.0 Å². The number of rotatable bonds is 8. The Morgan fingerprint density at radius 2 is 1.86 bits per heavy atom. The summed E-state index contributed by atoms with van der Waals surface area (Å²) < 4.78 is 48.9. The Kier molecular flexibility index (Phi) is 6.76. The molecule has 0 radical (unpaired) electrons. The van der Waals surface area contributed by atoms with Gasteiger partial charge in [-0.2, -0.15) is 13.2 Å². The standard InChI is InChI=1S/C25H21F3N4O2S2/c1-2-11-34-19-8-6-16(7-9-19)14-31-22(33)21-20(10-12-35-21)32-23(31)29-30-24(32)36-15-17-4-3-5-18(13-17)25(26,27)28/h3-10,12-13H,2,11,14-15H2,1H3. The lowest BCUT2D eigenvalue weighted by Gasteiger charge is -2.11. The zero-order valence-electron chi connectivity index (χ0n) is 19.2. The third kappa shape index (κ3) is 4.85. The van der Waals surface area contributed by atoms with E-state index in [1.54, 1.807) is 15.0 Å². The van der Waals surface area contributed by atoms with Gasteiger partial charge >= 0.3 is 6.18 Å². The first-order valence-electron chi connectivity index (χ1n) is 11.2. The molecule has 5 aromatic rings. The maximum absolute atomic E-state index is 13.3. The predicted molar refractivity (Wildman–Crippen MR) is 135 cm³/mol. The number of halogens is 3. The van der Waals surface area contributed by atoms with Crippen LogP contribution >= 0.6 is 23.1 Å². The lowest BCUT2D eigenvalue weighted by molar-refractivity contribution is -0.137. The molecule has 0 atom stereocenters. The van der Waals surface area contributed by atoms with Crippen LogP contribution in [0.5, 0.6) is 5.75 Å². The maximum Gasteiger partial charge on any atom is 0.416 e. The molecule has 3 aromatic heterocycles. The summed E-state index contributed by atoms with van der Waals surface area (Å²) in [5.41, 5.74) is 1.25. The van der Waals surface area contributed by atoms with E-state index in [0.717, 1.165) is 29.9 Å². The van der Waals surface area contributed by atoms with Crippen LogP contribution in [0.2, 0.25) is 0 Å². The number of hydrogen-bond acceptors (Lipinski definition) is 6. The topological polar surface area (TPSA) is 61.4 Å². The largest absolute Gasteiger partial charge is 0.494 e. The second-order valence-electron chi connectivity index (χ2n) is 8.12. The molecule has 0 bridgehead atoms. The van der Waals surface area contributed by atoms with Gasteiger partial charge in [0.2, 0.25) is 5.78 Å². The summed E-state index contributed by atoms with van der Waals surface area (Å²) in [6.07, 6.45) is -3.49.